The quantitative estimate of drug-likeness (QED) is 0.716. The van der Waals surface area contributed by atoms with E-state index in [9.17, 15) is 0 Å². The maximum atomic E-state index is 4.39. The van der Waals surface area contributed by atoms with Gasteiger partial charge in [0.25, 0.3) is 5.95 Å². The van der Waals surface area contributed by atoms with Crippen LogP contribution >= 0.6 is 0 Å². The fourth-order valence-electron chi connectivity index (χ4n) is 1.57. The number of pyridine rings is 1. The first-order chi connectivity index (χ1) is 8.33. The Balaban J connectivity index is 2.01. The fraction of sp³-hybridized carbons (Fsp3) is 0.0909. The average Bonchev–Trinajstić information content (AvgIpc) is 3.00. The van der Waals surface area contributed by atoms with E-state index in [0.717, 1.165) is 17.1 Å². The summed E-state index contributed by atoms with van der Waals surface area (Å²) in [6.07, 6.45) is 6.90. The van der Waals surface area contributed by atoms with Gasteiger partial charge in [-0.3, -0.25) is 14.6 Å². The molecule has 0 aliphatic carbocycles. The molecule has 0 saturated heterocycles. The summed E-state index contributed by atoms with van der Waals surface area (Å²) in [7, 11) is 0. The summed E-state index contributed by atoms with van der Waals surface area (Å²) in [5, 5.41) is 7.03. The number of nitrogens with one attached hydrogen (secondary N) is 1. The van der Waals surface area contributed by atoms with E-state index in [2.05, 4.69) is 25.1 Å². The monoisotopic (exact) mass is 226 g/mol. The standard InChI is InChI=1S/C11H10N6/c1-8-6-9(2-3-13-8)10-14-11(16-15-10)17-5-4-12-7-17/h2-7H,1H3,(H,14,15,16). The second kappa shape index (κ2) is 3.82. The van der Waals surface area contributed by atoms with Crippen LogP contribution in [-0.4, -0.2) is 29.7 Å². The van der Waals surface area contributed by atoms with Gasteiger partial charge in [0.1, 0.15) is 6.33 Å². The number of aromatic nitrogens is 6. The molecule has 3 rings (SSSR count). The lowest BCUT2D eigenvalue weighted by molar-refractivity contribution is 0.931. The SMILES string of the molecule is Cc1cc(-c2nc(-n3ccnc3)n[nH]2)ccn1. The molecule has 3 aromatic heterocycles. The van der Waals surface area contributed by atoms with Gasteiger partial charge in [-0.05, 0) is 19.1 Å². The number of imidazole rings is 1. The lowest BCUT2D eigenvalue weighted by atomic mass is 10.2. The Morgan fingerprint density at radius 1 is 1.29 bits per heavy atom. The molecular formula is C11H10N6. The lowest BCUT2D eigenvalue weighted by Crippen LogP contribution is -1.92. The highest BCUT2D eigenvalue weighted by molar-refractivity contribution is 5.54. The van der Waals surface area contributed by atoms with E-state index in [4.69, 9.17) is 0 Å². The highest BCUT2D eigenvalue weighted by Gasteiger charge is 2.06. The number of H-pyrrole nitrogens is 1. The summed E-state index contributed by atoms with van der Waals surface area (Å²) in [4.78, 5) is 12.5. The predicted molar refractivity (Wildman–Crippen MR) is 61.5 cm³/mol. The Morgan fingerprint density at radius 2 is 2.24 bits per heavy atom. The third kappa shape index (κ3) is 1.80. The van der Waals surface area contributed by atoms with E-state index in [1.54, 1.807) is 29.5 Å². The molecule has 0 aliphatic heterocycles. The molecule has 0 spiro atoms. The van der Waals surface area contributed by atoms with Crippen molar-refractivity contribution in [3.8, 4) is 17.3 Å². The zero-order valence-electron chi connectivity index (χ0n) is 9.20. The van der Waals surface area contributed by atoms with Crippen molar-refractivity contribution in [1.29, 1.82) is 0 Å². The molecule has 0 atom stereocenters. The van der Waals surface area contributed by atoms with Gasteiger partial charge in [0, 0.05) is 29.8 Å². The number of aromatic amines is 1. The lowest BCUT2D eigenvalue weighted by Gasteiger charge is -1.96. The summed E-state index contributed by atoms with van der Waals surface area (Å²) in [5.41, 5.74) is 1.92. The van der Waals surface area contributed by atoms with Gasteiger partial charge in [0.2, 0.25) is 0 Å². The van der Waals surface area contributed by atoms with E-state index < -0.39 is 0 Å². The van der Waals surface area contributed by atoms with Gasteiger partial charge in [-0.15, -0.1) is 5.10 Å². The fourth-order valence-corrected chi connectivity index (χ4v) is 1.57. The molecule has 0 aliphatic rings. The number of nitrogens with zero attached hydrogens (tertiary/aromatic N) is 5. The van der Waals surface area contributed by atoms with E-state index in [0.29, 0.717) is 5.95 Å². The molecule has 17 heavy (non-hydrogen) atoms. The summed E-state index contributed by atoms with van der Waals surface area (Å²) in [5.74, 6) is 1.30. The van der Waals surface area contributed by atoms with Gasteiger partial charge in [-0.25, -0.2) is 4.98 Å². The van der Waals surface area contributed by atoms with Crippen molar-refractivity contribution >= 4 is 0 Å². The summed E-state index contributed by atoms with van der Waals surface area (Å²) < 4.78 is 1.74. The molecule has 0 aromatic carbocycles. The van der Waals surface area contributed by atoms with Crippen molar-refractivity contribution in [2.24, 2.45) is 0 Å². The van der Waals surface area contributed by atoms with Crippen LogP contribution < -0.4 is 0 Å². The zero-order valence-corrected chi connectivity index (χ0v) is 9.20. The van der Waals surface area contributed by atoms with Crippen molar-refractivity contribution in [3.05, 3.63) is 42.7 Å². The van der Waals surface area contributed by atoms with Crippen LogP contribution in [0.2, 0.25) is 0 Å². The summed E-state index contributed by atoms with van der Waals surface area (Å²) in [6.45, 7) is 1.94. The highest BCUT2D eigenvalue weighted by Crippen LogP contribution is 2.15. The number of rotatable bonds is 2. The van der Waals surface area contributed by atoms with Crippen LogP contribution in [0.4, 0.5) is 0 Å². The Kier molecular flexibility index (Phi) is 2.18. The minimum Gasteiger partial charge on any atom is -0.273 e. The van der Waals surface area contributed by atoms with E-state index in [1.165, 1.54) is 0 Å². The molecule has 3 aromatic rings. The van der Waals surface area contributed by atoms with Gasteiger partial charge in [-0.1, -0.05) is 0 Å². The molecule has 0 bridgehead atoms. The third-order valence-corrected chi connectivity index (χ3v) is 2.38. The summed E-state index contributed by atoms with van der Waals surface area (Å²) in [6, 6.07) is 3.85. The Labute approximate surface area is 97.4 Å². The minimum absolute atomic E-state index is 0.576. The topological polar surface area (TPSA) is 72.3 Å². The maximum Gasteiger partial charge on any atom is 0.254 e. The Bertz CT molecular complexity index is 625. The second-order valence-electron chi connectivity index (χ2n) is 3.64. The number of hydrogen-bond donors (Lipinski definition) is 1. The minimum atomic E-state index is 0.576. The Morgan fingerprint density at radius 3 is 3.00 bits per heavy atom. The van der Waals surface area contributed by atoms with Crippen molar-refractivity contribution < 1.29 is 0 Å². The van der Waals surface area contributed by atoms with Gasteiger partial charge in [0.15, 0.2) is 5.82 Å². The second-order valence-corrected chi connectivity index (χ2v) is 3.64. The van der Waals surface area contributed by atoms with Crippen LogP contribution in [0.1, 0.15) is 5.69 Å². The predicted octanol–water partition coefficient (Wildman–Crippen LogP) is 1.36. The van der Waals surface area contributed by atoms with Gasteiger partial charge < -0.3 is 0 Å². The van der Waals surface area contributed by atoms with Crippen LogP contribution in [-0.2, 0) is 0 Å². The van der Waals surface area contributed by atoms with E-state index in [-0.39, 0.29) is 0 Å². The zero-order chi connectivity index (χ0) is 11.7. The number of hydrogen-bond acceptors (Lipinski definition) is 4. The molecule has 0 unspecified atom stereocenters. The number of aryl methyl sites for hydroxylation is 1. The van der Waals surface area contributed by atoms with Crippen LogP contribution in [0.3, 0.4) is 0 Å². The smallest absolute Gasteiger partial charge is 0.254 e. The molecule has 0 fully saturated rings. The third-order valence-electron chi connectivity index (χ3n) is 2.38. The first-order valence-electron chi connectivity index (χ1n) is 5.17. The molecule has 6 nitrogen and oxygen atoms in total. The van der Waals surface area contributed by atoms with Gasteiger partial charge >= 0.3 is 0 Å². The normalized spacial score (nSPS) is 10.6. The molecule has 84 valence electrons. The van der Waals surface area contributed by atoms with Crippen LogP contribution in [0, 0.1) is 6.92 Å². The molecular weight excluding hydrogens is 216 g/mol. The molecule has 1 N–H and O–H groups in total. The van der Waals surface area contributed by atoms with Crippen LogP contribution in [0.5, 0.6) is 0 Å². The highest BCUT2D eigenvalue weighted by atomic mass is 15.3. The largest absolute Gasteiger partial charge is 0.273 e. The van der Waals surface area contributed by atoms with Crippen molar-refractivity contribution in [3.63, 3.8) is 0 Å². The van der Waals surface area contributed by atoms with E-state index >= 15 is 0 Å². The van der Waals surface area contributed by atoms with Crippen molar-refractivity contribution in [2.45, 2.75) is 6.92 Å². The van der Waals surface area contributed by atoms with E-state index in [1.807, 2.05) is 19.1 Å². The van der Waals surface area contributed by atoms with Gasteiger partial charge in [0.05, 0.1) is 0 Å². The molecule has 0 amide bonds. The molecule has 0 saturated carbocycles. The molecule has 3 heterocycles. The first kappa shape index (κ1) is 9.71. The first-order valence-corrected chi connectivity index (χ1v) is 5.17. The van der Waals surface area contributed by atoms with Crippen LogP contribution in [0.25, 0.3) is 17.3 Å². The maximum absolute atomic E-state index is 4.39. The molecule has 0 radical (unpaired) electrons. The average molecular weight is 226 g/mol. The van der Waals surface area contributed by atoms with Gasteiger partial charge in [-0.2, -0.15) is 4.98 Å². The Hall–Kier alpha value is -2.50. The molecule has 6 heteroatoms. The van der Waals surface area contributed by atoms with Crippen molar-refractivity contribution in [2.75, 3.05) is 0 Å². The van der Waals surface area contributed by atoms with Crippen molar-refractivity contribution in [1.82, 2.24) is 29.7 Å². The summed E-state index contributed by atoms with van der Waals surface area (Å²) >= 11 is 0. The van der Waals surface area contributed by atoms with Crippen LogP contribution in [0.15, 0.2) is 37.1 Å².